The van der Waals surface area contributed by atoms with Crippen molar-refractivity contribution in [2.24, 2.45) is 0 Å². The smallest absolute Gasteiger partial charge is 0.146 e. The number of hydrogen-bond acceptors (Lipinski definition) is 4. The Hall–Kier alpha value is -1.33. The molecule has 82 valence electrons. The Kier molecular flexibility index (Phi) is 3.26. The van der Waals surface area contributed by atoms with E-state index in [1.54, 1.807) is 12.1 Å². The first kappa shape index (κ1) is 11.2. The number of hydrogen-bond donors (Lipinski definition) is 1. The monoisotopic (exact) mass is 255 g/mol. The second-order valence-corrected chi connectivity index (χ2v) is 4.37. The highest BCUT2D eigenvalue weighted by molar-refractivity contribution is 7.99. The fraction of sp³-hybridized carbons (Fsp3) is 0. The topological polar surface area (TPSA) is 51.8 Å². The highest BCUT2D eigenvalue weighted by Crippen LogP contribution is 2.33. The molecule has 2 N–H and O–H groups in total. The second-order valence-electron chi connectivity index (χ2n) is 2.93. The maximum atomic E-state index is 12.7. The number of nitrogens with zero attached hydrogens (tertiary/aromatic N) is 2. The summed E-state index contributed by atoms with van der Waals surface area (Å²) in [6, 6.07) is 6.05. The number of anilines is 1. The van der Waals surface area contributed by atoms with E-state index in [0.717, 1.165) is 4.90 Å². The molecule has 2 rings (SSSR count). The van der Waals surface area contributed by atoms with E-state index in [4.69, 9.17) is 17.3 Å². The third-order valence-corrected chi connectivity index (χ3v) is 3.31. The molecule has 0 aliphatic rings. The van der Waals surface area contributed by atoms with E-state index in [0.29, 0.717) is 10.0 Å². The minimum absolute atomic E-state index is 0.237. The van der Waals surface area contributed by atoms with Gasteiger partial charge in [-0.2, -0.15) is 0 Å². The van der Waals surface area contributed by atoms with Crippen LogP contribution in [0, 0.1) is 5.82 Å². The van der Waals surface area contributed by atoms with Gasteiger partial charge in [-0.15, -0.1) is 0 Å². The zero-order valence-corrected chi connectivity index (χ0v) is 9.60. The van der Waals surface area contributed by atoms with Crippen LogP contribution in [0.5, 0.6) is 0 Å². The van der Waals surface area contributed by atoms with Crippen LogP contribution in [0.2, 0.25) is 5.02 Å². The Bertz CT molecular complexity index is 504. The Morgan fingerprint density at radius 2 is 1.88 bits per heavy atom. The number of rotatable bonds is 2. The number of aromatic nitrogens is 2. The van der Waals surface area contributed by atoms with E-state index in [1.165, 1.54) is 30.2 Å². The van der Waals surface area contributed by atoms with Crippen molar-refractivity contribution in [1.82, 2.24) is 9.97 Å². The van der Waals surface area contributed by atoms with Gasteiger partial charge < -0.3 is 5.73 Å². The van der Waals surface area contributed by atoms with E-state index in [2.05, 4.69) is 9.97 Å². The quantitative estimate of drug-likeness (QED) is 0.838. The number of nitrogens with two attached hydrogens (primary N) is 1. The summed E-state index contributed by atoms with van der Waals surface area (Å²) in [5.41, 5.74) is 5.54. The molecule has 3 nitrogen and oxygen atoms in total. The minimum Gasteiger partial charge on any atom is -0.382 e. The molecule has 1 aromatic heterocycles. The van der Waals surface area contributed by atoms with Crippen molar-refractivity contribution in [2.45, 2.75) is 9.92 Å². The lowest BCUT2D eigenvalue weighted by Crippen LogP contribution is -1.94. The lowest BCUT2D eigenvalue weighted by molar-refractivity contribution is 0.626. The molecular formula is C10H7ClFN3S. The predicted molar refractivity (Wildman–Crippen MR) is 62.0 cm³/mol. The van der Waals surface area contributed by atoms with Gasteiger partial charge in [-0.05, 0) is 24.3 Å². The van der Waals surface area contributed by atoms with Gasteiger partial charge in [0.25, 0.3) is 0 Å². The van der Waals surface area contributed by atoms with E-state index in [-0.39, 0.29) is 11.6 Å². The molecule has 6 heteroatoms. The lowest BCUT2D eigenvalue weighted by atomic mass is 10.4. The molecule has 2 aromatic rings. The average molecular weight is 256 g/mol. The molecule has 0 bridgehead atoms. The minimum atomic E-state index is -0.280. The van der Waals surface area contributed by atoms with Gasteiger partial charge in [-0.25, -0.2) is 14.4 Å². The highest BCUT2D eigenvalue weighted by Gasteiger charge is 2.08. The van der Waals surface area contributed by atoms with Crippen LogP contribution in [0.3, 0.4) is 0 Å². The van der Waals surface area contributed by atoms with Crippen LogP contribution in [0.15, 0.2) is 40.5 Å². The normalized spacial score (nSPS) is 10.4. The Morgan fingerprint density at radius 1 is 1.19 bits per heavy atom. The molecule has 0 aliphatic heterocycles. The van der Waals surface area contributed by atoms with Crippen LogP contribution in [0.25, 0.3) is 0 Å². The fourth-order valence-electron chi connectivity index (χ4n) is 1.05. The molecular weight excluding hydrogens is 249 g/mol. The van der Waals surface area contributed by atoms with Crippen molar-refractivity contribution in [1.29, 1.82) is 0 Å². The summed E-state index contributed by atoms with van der Waals surface area (Å²) in [5.74, 6) is -0.0427. The molecule has 0 saturated carbocycles. The van der Waals surface area contributed by atoms with Crippen LogP contribution in [-0.4, -0.2) is 9.97 Å². The van der Waals surface area contributed by atoms with Gasteiger partial charge in [0.1, 0.15) is 28.0 Å². The summed E-state index contributed by atoms with van der Waals surface area (Å²) in [4.78, 5) is 8.59. The van der Waals surface area contributed by atoms with Crippen molar-refractivity contribution >= 4 is 29.2 Å². The SMILES string of the molecule is Nc1ncnc(Sc2ccc(F)cc2)c1Cl. The summed E-state index contributed by atoms with van der Waals surface area (Å²) in [7, 11) is 0. The van der Waals surface area contributed by atoms with E-state index in [9.17, 15) is 4.39 Å². The molecule has 1 heterocycles. The van der Waals surface area contributed by atoms with Crippen LogP contribution in [0.4, 0.5) is 10.2 Å². The average Bonchev–Trinajstić information content (AvgIpc) is 2.28. The van der Waals surface area contributed by atoms with E-state index in [1.807, 2.05) is 0 Å². The Morgan fingerprint density at radius 3 is 2.56 bits per heavy atom. The predicted octanol–water partition coefficient (Wildman–Crippen LogP) is 3.00. The lowest BCUT2D eigenvalue weighted by Gasteiger charge is -2.03. The fourth-order valence-corrected chi connectivity index (χ4v) is 2.05. The third kappa shape index (κ3) is 2.43. The van der Waals surface area contributed by atoms with Gasteiger partial charge in [-0.1, -0.05) is 23.4 Å². The van der Waals surface area contributed by atoms with Gasteiger partial charge in [0, 0.05) is 4.90 Å². The summed E-state index contributed by atoms with van der Waals surface area (Å²) in [6.45, 7) is 0. The van der Waals surface area contributed by atoms with Crippen molar-refractivity contribution in [3.63, 3.8) is 0 Å². The molecule has 0 spiro atoms. The standard InChI is InChI=1S/C10H7ClFN3S/c11-8-9(13)14-5-15-10(8)16-7-3-1-6(12)2-4-7/h1-5H,(H2,13,14,15). The van der Waals surface area contributed by atoms with E-state index >= 15 is 0 Å². The number of halogens is 2. The molecule has 0 atom stereocenters. The zero-order valence-electron chi connectivity index (χ0n) is 8.02. The van der Waals surface area contributed by atoms with Crippen molar-refractivity contribution < 1.29 is 4.39 Å². The van der Waals surface area contributed by atoms with Crippen molar-refractivity contribution in [3.8, 4) is 0 Å². The van der Waals surface area contributed by atoms with E-state index < -0.39 is 0 Å². The van der Waals surface area contributed by atoms with Gasteiger partial charge in [0.05, 0.1) is 0 Å². The number of benzene rings is 1. The molecule has 0 saturated heterocycles. The van der Waals surface area contributed by atoms with Gasteiger partial charge in [0.15, 0.2) is 0 Å². The molecule has 0 aliphatic carbocycles. The van der Waals surface area contributed by atoms with Gasteiger partial charge in [0.2, 0.25) is 0 Å². The Labute approximate surface area is 101 Å². The van der Waals surface area contributed by atoms with Gasteiger partial charge in [-0.3, -0.25) is 0 Å². The van der Waals surface area contributed by atoms with Crippen molar-refractivity contribution in [3.05, 3.63) is 41.4 Å². The molecule has 0 unspecified atom stereocenters. The van der Waals surface area contributed by atoms with Crippen LogP contribution in [-0.2, 0) is 0 Å². The van der Waals surface area contributed by atoms with Crippen LogP contribution in [0.1, 0.15) is 0 Å². The van der Waals surface area contributed by atoms with Crippen LogP contribution >= 0.6 is 23.4 Å². The summed E-state index contributed by atoms with van der Waals surface area (Å²) in [6.07, 6.45) is 1.34. The summed E-state index contributed by atoms with van der Waals surface area (Å²) < 4.78 is 12.7. The zero-order chi connectivity index (χ0) is 11.5. The van der Waals surface area contributed by atoms with Crippen LogP contribution < -0.4 is 5.73 Å². The first-order chi connectivity index (χ1) is 7.66. The summed E-state index contributed by atoms with van der Waals surface area (Å²) >= 11 is 7.24. The maximum Gasteiger partial charge on any atom is 0.146 e. The molecule has 0 amide bonds. The second kappa shape index (κ2) is 4.67. The first-order valence-corrected chi connectivity index (χ1v) is 5.55. The molecule has 0 fully saturated rings. The highest BCUT2D eigenvalue weighted by atomic mass is 35.5. The molecule has 16 heavy (non-hydrogen) atoms. The van der Waals surface area contributed by atoms with Gasteiger partial charge >= 0.3 is 0 Å². The molecule has 1 aromatic carbocycles. The first-order valence-electron chi connectivity index (χ1n) is 4.36. The Balaban J connectivity index is 2.27. The van der Waals surface area contributed by atoms with Crippen molar-refractivity contribution in [2.75, 3.05) is 5.73 Å². The third-order valence-electron chi connectivity index (χ3n) is 1.81. The number of nitrogen functional groups attached to an aromatic ring is 1. The summed E-state index contributed by atoms with van der Waals surface area (Å²) in [5, 5.41) is 0.873. The largest absolute Gasteiger partial charge is 0.382 e. The maximum absolute atomic E-state index is 12.7. The molecule has 0 radical (unpaired) electrons.